The number of anilines is 6. The Labute approximate surface area is 337 Å². The molecule has 9 aromatic rings. The van der Waals surface area contributed by atoms with E-state index in [2.05, 4.69) is 188 Å². The SMILES string of the molecule is CC(C)(C)c1ccc2c(c1)B1c3cccc4c3N(c3ccccc3S4)c3cc(-c4ccccc4)cc(c31)N2c1ccc2cc(-c3cc4ccccc4o3)ccc2c1. The second-order valence-electron chi connectivity index (χ2n) is 16.6. The Hall–Kier alpha value is -6.43. The number of hydrogen-bond donors (Lipinski definition) is 0. The van der Waals surface area contributed by atoms with E-state index in [1.54, 1.807) is 0 Å². The zero-order valence-electron chi connectivity index (χ0n) is 32.0. The van der Waals surface area contributed by atoms with Crippen LogP contribution in [-0.2, 0) is 5.41 Å². The Morgan fingerprint density at radius 3 is 2.11 bits per heavy atom. The van der Waals surface area contributed by atoms with E-state index >= 15 is 0 Å². The molecule has 4 heterocycles. The number of para-hydroxylation sites is 3. The Bertz CT molecular complexity index is 3090. The van der Waals surface area contributed by atoms with Gasteiger partial charge in [-0.3, -0.25) is 0 Å². The first kappa shape index (κ1) is 32.8. The molecule has 0 saturated carbocycles. The number of fused-ring (bicyclic) bond motifs is 8. The minimum atomic E-state index is -0.00770. The highest BCUT2D eigenvalue weighted by Gasteiger charge is 2.46. The van der Waals surface area contributed by atoms with Crippen LogP contribution in [0.4, 0.5) is 34.1 Å². The molecule has 0 atom stereocenters. The summed E-state index contributed by atoms with van der Waals surface area (Å²) < 4.78 is 6.28. The van der Waals surface area contributed by atoms with Gasteiger partial charge in [-0.25, -0.2) is 0 Å². The van der Waals surface area contributed by atoms with Crippen molar-refractivity contribution in [3.05, 3.63) is 175 Å². The van der Waals surface area contributed by atoms with Gasteiger partial charge in [-0.15, -0.1) is 0 Å². The number of rotatable bonds is 3. The summed E-state index contributed by atoms with van der Waals surface area (Å²) in [5.74, 6) is 0.887. The molecule has 3 aliphatic rings. The molecular formula is C52H37BN2OS. The van der Waals surface area contributed by atoms with Crippen LogP contribution in [0.1, 0.15) is 26.3 Å². The second-order valence-corrected chi connectivity index (χ2v) is 17.7. The van der Waals surface area contributed by atoms with E-state index in [0.717, 1.165) is 28.0 Å². The highest BCUT2D eigenvalue weighted by molar-refractivity contribution is 7.99. The fourth-order valence-corrected chi connectivity index (χ4v) is 10.5. The molecule has 1 aromatic heterocycles. The van der Waals surface area contributed by atoms with Crippen LogP contribution in [0, 0.1) is 0 Å². The van der Waals surface area contributed by atoms with E-state index < -0.39 is 0 Å². The van der Waals surface area contributed by atoms with Gasteiger partial charge < -0.3 is 14.2 Å². The first-order valence-corrected chi connectivity index (χ1v) is 20.6. The predicted molar refractivity (Wildman–Crippen MR) is 241 cm³/mol. The summed E-state index contributed by atoms with van der Waals surface area (Å²) in [6.07, 6.45) is 0. The Kier molecular flexibility index (Phi) is 6.92. The smallest absolute Gasteiger partial charge is 0.252 e. The fourth-order valence-electron chi connectivity index (χ4n) is 9.39. The summed E-state index contributed by atoms with van der Waals surface area (Å²) in [6.45, 7) is 7.04. The van der Waals surface area contributed by atoms with Gasteiger partial charge in [0, 0.05) is 43.5 Å². The lowest BCUT2D eigenvalue weighted by molar-refractivity contribution is 0.591. The summed E-state index contributed by atoms with van der Waals surface area (Å²) in [7, 11) is 0. The van der Waals surface area contributed by atoms with E-state index in [1.807, 2.05) is 23.9 Å². The van der Waals surface area contributed by atoms with Crippen molar-refractivity contribution in [2.24, 2.45) is 0 Å². The van der Waals surface area contributed by atoms with E-state index in [4.69, 9.17) is 4.42 Å². The van der Waals surface area contributed by atoms with Crippen LogP contribution in [0.15, 0.2) is 184 Å². The molecule has 0 unspecified atom stereocenters. The molecule has 0 fully saturated rings. The van der Waals surface area contributed by atoms with Crippen LogP contribution in [0.25, 0.3) is 44.2 Å². The van der Waals surface area contributed by atoms with Gasteiger partial charge in [-0.1, -0.05) is 136 Å². The van der Waals surface area contributed by atoms with Crippen LogP contribution < -0.4 is 26.2 Å². The first-order chi connectivity index (χ1) is 27.9. The molecule has 0 bridgehead atoms. The molecule has 0 saturated heterocycles. The van der Waals surface area contributed by atoms with Crippen molar-refractivity contribution < 1.29 is 4.42 Å². The molecule has 0 N–H and O–H groups in total. The molecular weight excluding hydrogens is 711 g/mol. The molecule has 3 aliphatic heterocycles. The Morgan fingerprint density at radius 2 is 1.25 bits per heavy atom. The molecule has 0 amide bonds. The van der Waals surface area contributed by atoms with Gasteiger partial charge in [0.15, 0.2) is 0 Å². The quantitative estimate of drug-likeness (QED) is 0.168. The standard InChI is InChI=1S/C52H37BN2OS/c1-52(2,3)38-23-25-42-41(31-38)53-40-15-11-19-49-51(40)55(43-16-8-10-18-48(43)57-49)45-29-37(32-12-5-4-6-13-32)28-44(50(45)53)54(42)39-24-22-33-26-36(21-20-34(33)27-39)47-30-35-14-7-9-17-46(35)56-47/h4-31H,1-3H3. The first-order valence-electron chi connectivity index (χ1n) is 19.8. The monoisotopic (exact) mass is 748 g/mol. The lowest BCUT2D eigenvalue weighted by atomic mass is 9.33. The zero-order valence-corrected chi connectivity index (χ0v) is 32.8. The summed E-state index contributed by atoms with van der Waals surface area (Å²) in [6, 6.07) is 62.8. The van der Waals surface area contributed by atoms with Gasteiger partial charge in [-0.05, 0) is 116 Å². The van der Waals surface area contributed by atoms with Gasteiger partial charge >= 0.3 is 0 Å². The van der Waals surface area contributed by atoms with Crippen LogP contribution in [0.2, 0.25) is 0 Å². The van der Waals surface area contributed by atoms with Crippen molar-refractivity contribution in [3.8, 4) is 22.5 Å². The minimum absolute atomic E-state index is 0.00770. The topological polar surface area (TPSA) is 19.6 Å². The fraction of sp³-hybridized carbons (Fsp3) is 0.0769. The van der Waals surface area contributed by atoms with E-state index in [9.17, 15) is 0 Å². The predicted octanol–water partition coefficient (Wildman–Crippen LogP) is 12.8. The van der Waals surface area contributed by atoms with Crippen molar-refractivity contribution >= 4 is 90.7 Å². The van der Waals surface area contributed by atoms with Crippen molar-refractivity contribution in [3.63, 3.8) is 0 Å². The Morgan fingerprint density at radius 1 is 0.491 bits per heavy atom. The van der Waals surface area contributed by atoms with Crippen LogP contribution >= 0.6 is 11.8 Å². The summed E-state index contributed by atoms with van der Waals surface area (Å²) in [4.78, 5) is 7.68. The van der Waals surface area contributed by atoms with Gasteiger partial charge in [-0.2, -0.15) is 0 Å². The van der Waals surface area contributed by atoms with Crippen molar-refractivity contribution in [1.82, 2.24) is 0 Å². The highest BCUT2D eigenvalue weighted by atomic mass is 32.2. The normalized spacial score (nSPS) is 13.7. The van der Waals surface area contributed by atoms with Gasteiger partial charge in [0.25, 0.3) is 6.71 Å². The highest BCUT2D eigenvalue weighted by Crippen LogP contribution is 2.54. The lowest BCUT2D eigenvalue weighted by Crippen LogP contribution is -2.61. The van der Waals surface area contributed by atoms with Crippen molar-refractivity contribution in [2.75, 3.05) is 9.80 Å². The van der Waals surface area contributed by atoms with E-state index in [-0.39, 0.29) is 12.1 Å². The summed E-state index contributed by atoms with van der Waals surface area (Å²) in [5, 5.41) is 3.48. The average Bonchev–Trinajstić information content (AvgIpc) is 3.68. The van der Waals surface area contributed by atoms with E-state index in [1.165, 1.54) is 82.1 Å². The zero-order chi connectivity index (χ0) is 38.0. The number of benzene rings is 8. The maximum absolute atomic E-state index is 6.28. The van der Waals surface area contributed by atoms with Gasteiger partial charge in [0.1, 0.15) is 11.3 Å². The van der Waals surface area contributed by atoms with Crippen LogP contribution in [-0.4, -0.2) is 6.71 Å². The third kappa shape index (κ3) is 4.95. The summed E-state index contributed by atoms with van der Waals surface area (Å²) in [5.41, 5.74) is 17.2. The number of nitrogens with zero attached hydrogens (tertiary/aromatic N) is 2. The molecule has 0 spiro atoms. The van der Waals surface area contributed by atoms with Gasteiger partial charge in [0.05, 0.1) is 11.4 Å². The third-order valence-corrected chi connectivity index (χ3v) is 13.3. The van der Waals surface area contributed by atoms with Crippen molar-refractivity contribution in [2.45, 2.75) is 36.0 Å². The van der Waals surface area contributed by atoms with E-state index in [0.29, 0.717) is 0 Å². The molecule has 0 radical (unpaired) electrons. The van der Waals surface area contributed by atoms with Crippen LogP contribution in [0.3, 0.4) is 0 Å². The summed E-state index contributed by atoms with van der Waals surface area (Å²) >= 11 is 1.89. The van der Waals surface area contributed by atoms with Crippen molar-refractivity contribution in [1.29, 1.82) is 0 Å². The molecule has 0 aliphatic carbocycles. The van der Waals surface area contributed by atoms with Gasteiger partial charge in [0.2, 0.25) is 0 Å². The average molecular weight is 749 g/mol. The molecule has 5 heteroatoms. The largest absolute Gasteiger partial charge is 0.456 e. The molecule has 12 rings (SSSR count). The number of hydrogen-bond acceptors (Lipinski definition) is 4. The molecule has 57 heavy (non-hydrogen) atoms. The second kappa shape index (κ2) is 12.0. The van der Waals surface area contributed by atoms with Crippen LogP contribution in [0.5, 0.6) is 0 Å². The molecule has 3 nitrogen and oxygen atoms in total. The number of furan rings is 1. The minimum Gasteiger partial charge on any atom is -0.456 e. The maximum atomic E-state index is 6.28. The Balaban J connectivity index is 1.12. The molecule has 270 valence electrons. The lowest BCUT2D eigenvalue weighted by Gasteiger charge is -2.46. The third-order valence-electron chi connectivity index (χ3n) is 12.1. The molecule has 8 aromatic carbocycles. The maximum Gasteiger partial charge on any atom is 0.252 e.